The second-order valence-corrected chi connectivity index (χ2v) is 5.89. The highest BCUT2D eigenvalue weighted by Gasteiger charge is 2.42. The molecular weight excluding hydrogens is 228 g/mol. The molecule has 0 radical (unpaired) electrons. The van der Waals surface area contributed by atoms with Crippen molar-refractivity contribution in [2.24, 2.45) is 11.3 Å². The van der Waals surface area contributed by atoms with Gasteiger partial charge in [-0.25, -0.2) is 4.98 Å². The minimum Gasteiger partial charge on any atom is -0.486 e. The Morgan fingerprint density at radius 1 is 1.39 bits per heavy atom. The molecule has 2 atom stereocenters. The fourth-order valence-corrected chi connectivity index (χ4v) is 2.58. The molecule has 0 N–H and O–H groups in total. The van der Waals surface area contributed by atoms with E-state index in [1.807, 2.05) is 19.1 Å². The summed E-state index contributed by atoms with van der Waals surface area (Å²) in [5.74, 6) is 1.15. The van der Waals surface area contributed by atoms with Crippen LogP contribution in [0.4, 0.5) is 5.82 Å². The summed E-state index contributed by atoms with van der Waals surface area (Å²) < 4.78 is 5.91. The topological polar surface area (TPSA) is 42.4 Å². The first kappa shape index (κ1) is 12.9. The van der Waals surface area contributed by atoms with Gasteiger partial charge in [-0.2, -0.15) is 0 Å². The van der Waals surface area contributed by atoms with E-state index >= 15 is 0 Å². The van der Waals surface area contributed by atoms with Gasteiger partial charge >= 0.3 is 0 Å². The first-order valence-electron chi connectivity index (χ1n) is 6.21. The Kier molecular flexibility index (Phi) is 3.05. The fraction of sp³-hybridized carbons (Fsp3) is 0.571. The standard InChI is InChI=1S/C14H20N2O2/c1-9-11(14(2,3)4)13(17)16(5)12-10(18-9)7-6-8-15-12/h6-9,11H,1-5H3. The zero-order chi connectivity index (χ0) is 13.5. The zero-order valence-corrected chi connectivity index (χ0v) is 11.6. The van der Waals surface area contributed by atoms with E-state index in [4.69, 9.17) is 4.74 Å². The molecule has 0 spiro atoms. The monoisotopic (exact) mass is 248 g/mol. The van der Waals surface area contributed by atoms with Crippen LogP contribution in [0.5, 0.6) is 5.75 Å². The Bertz CT molecular complexity index is 465. The predicted molar refractivity (Wildman–Crippen MR) is 70.7 cm³/mol. The Labute approximate surface area is 108 Å². The number of amides is 1. The molecule has 2 rings (SSSR count). The van der Waals surface area contributed by atoms with Crippen molar-refractivity contribution in [2.45, 2.75) is 33.8 Å². The summed E-state index contributed by atoms with van der Waals surface area (Å²) in [6.45, 7) is 8.13. The van der Waals surface area contributed by atoms with Crippen LogP contribution in [0.1, 0.15) is 27.7 Å². The van der Waals surface area contributed by atoms with Crippen LogP contribution in [-0.4, -0.2) is 24.0 Å². The van der Waals surface area contributed by atoms with Crippen molar-refractivity contribution in [3.8, 4) is 5.75 Å². The predicted octanol–water partition coefficient (Wildman–Crippen LogP) is 2.49. The minimum absolute atomic E-state index is 0.0625. The summed E-state index contributed by atoms with van der Waals surface area (Å²) in [6.07, 6.45) is 1.51. The van der Waals surface area contributed by atoms with E-state index in [-0.39, 0.29) is 23.3 Å². The molecule has 0 saturated carbocycles. The van der Waals surface area contributed by atoms with Crippen LogP contribution < -0.4 is 9.64 Å². The second kappa shape index (κ2) is 4.26. The van der Waals surface area contributed by atoms with Gasteiger partial charge in [0.15, 0.2) is 11.6 Å². The van der Waals surface area contributed by atoms with Crippen molar-refractivity contribution in [3.63, 3.8) is 0 Å². The van der Waals surface area contributed by atoms with Crippen LogP contribution in [0, 0.1) is 11.3 Å². The van der Waals surface area contributed by atoms with Gasteiger partial charge < -0.3 is 4.74 Å². The highest BCUT2D eigenvalue weighted by atomic mass is 16.5. The maximum Gasteiger partial charge on any atom is 0.235 e. The Morgan fingerprint density at radius 2 is 2.06 bits per heavy atom. The summed E-state index contributed by atoms with van der Waals surface area (Å²) in [4.78, 5) is 18.4. The third kappa shape index (κ3) is 2.07. The van der Waals surface area contributed by atoms with Gasteiger partial charge in [-0.1, -0.05) is 20.8 Å². The van der Waals surface area contributed by atoms with Crippen molar-refractivity contribution < 1.29 is 9.53 Å². The number of rotatable bonds is 0. The summed E-state index contributed by atoms with van der Waals surface area (Å²) in [7, 11) is 1.76. The zero-order valence-electron chi connectivity index (χ0n) is 11.6. The van der Waals surface area contributed by atoms with Crippen LogP contribution in [0.15, 0.2) is 18.3 Å². The van der Waals surface area contributed by atoms with Crippen molar-refractivity contribution in [3.05, 3.63) is 18.3 Å². The van der Waals surface area contributed by atoms with Crippen LogP contribution >= 0.6 is 0 Å². The van der Waals surface area contributed by atoms with E-state index < -0.39 is 0 Å². The van der Waals surface area contributed by atoms with Crippen LogP contribution in [0.2, 0.25) is 0 Å². The largest absolute Gasteiger partial charge is 0.486 e. The highest BCUT2D eigenvalue weighted by molar-refractivity contribution is 5.96. The third-order valence-electron chi connectivity index (χ3n) is 3.38. The minimum atomic E-state index is -0.184. The molecule has 2 heterocycles. The average Bonchev–Trinajstić information content (AvgIpc) is 2.35. The highest BCUT2D eigenvalue weighted by Crippen LogP contribution is 2.38. The van der Waals surface area contributed by atoms with E-state index in [0.717, 1.165) is 0 Å². The van der Waals surface area contributed by atoms with Crippen molar-refractivity contribution in [1.29, 1.82) is 0 Å². The lowest BCUT2D eigenvalue weighted by molar-refractivity contribution is -0.128. The molecule has 0 aromatic carbocycles. The maximum absolute atomic E-state index is 12.6. The fourth-order valence-electron chi connectivity index (χ4n) is 2.58. The maximum atomic E-state index is 12.6. The normalized spacial score (nSPS) is 24.3. The lowest BCUT2D eigenvalue weighted by Gasteiger charge is -2.33. The Balaban J connectivity index is 2.48. The summed E-state index contributed by atoms with van der Waals surface area (Å²) >= 11 is 0. The summed E-state index contributed by atoms with van der Waals surface area (Å²) in [6, 6.07) is 3.68. The lowest BCUT2D eigenvalue weighted by Crippen LogP contribution is -2.44. The van der Waals surface area contributed by atoms with Crippen molar-refractivity contribution >= 4 is 11.7 Å². The molecular formula is C14H20N2O2. The number of carbonyl (C=O) groups excluding carboxylic acids is 1. The number of hydrogen-bond donors (Lipinski definition) is 0. The van der Waals surface area contributed by atoms with Crippen molar-refractivity contribution in [2.75, 3.05) is 11.9 Å². The first-order valence-corrected chi connectivity index (χ1v) is 6.21. The van der Waals surface area contributed by atoms with E-state index in [1.54, 1.807) is 18.1 Å². The summed E-state index contributed by atoms with van der Waals surface area (Å²) in [5.41, 5.74) is -0.146. The Morgan fingerprint density at radius 3 is 2.67 bits per heavy atom. The number of aromatic nitrogens is 1. The molecule has 0 bridgehead atoms. The number of ether oxygens (including phenoxy) is 1. The first-order chi connectivity index (χ1) is 8.32. The van der Waals surface area contributed by atoms with E-state index in [2.05, 4.69) is 25.8 Å². The van der Waals surface area contributed by atoms with E-state index in [9.17, 15) is 4.79 Å². The molecule has 1 aliphatic rings. The molecule has 18 heavy (non-hydrogen) atoms. The van der Waals surface area contributed by atoms with Gasteiger partial charge in [-0.05, 0) is 24.5 Å². The molecule has 0 saturated heterocycles. The third-order valence-corrected chi connectivity index (χ3v) is 3.38. The molecule has 1 amide bonds. The number of nitrogens with zero attached hydrogens (tertiary/aromatic N) is 2. The van der Waals surface area contributed by atoms with E-state index in [0.29, 0.717) is 11.6 Å². The van der Waals surface area contributed by atoms with Gasteiger partial charge in [0.05, 0.1) is 5.92 Å². The van der Waals surface area contributed by atoms with Gasteiger partial charge in [0.25, 0.3) is 0 Å². The molecule has 4 nitrogen and oxygen atoms in total. The number of pyridine rings is 1. The number of carbonyl (C=O) groups is 1. The quantitative estimate of drug-likeness (QED) is 0.708. The van der Waals surface area contributed by atoms with Gasteiger partial charge in [-0.3, -0.25) is 9.69 Å². The van der Waals surface area contributed by atoms with Crippen molar-refractivity contribution in [1.82, 2.24) is 4.98 Å². The average molecular weight is 248 g/mol. The smallest absolute Gasteiger partial charge is 0.235 e. The van der Waals surface area contributed by atoms with Crippen LogP contribution in [0.3, 0.4) is 0 Å². The molecule has 0 aliphatic carbocycles. The van der Waals surface area contributed by atoms with E-state index in [1.165, 1.54) is 0 Å². The number of hydrogen-bond acceptors (Lipinski definition) is 3. The van der Waals surface area contributed by atoms with Crippen LogP contribution in [0.25, 0.3) is 0 Å². The molecule has 1 aliphatic heterocycles. The molecule has 0 fully saturated rings. The van der Waals surface area contributed by atoms with Gasteiger partial charge in [0.2, 0.25) is 5.91 Å². The van der Waals surface area contributed by atoms with Gasteiger partial charge in [0, 0.05) is 13.2 Å². The Hall–Kier alpha value is -1.58. The van der Waals surface area contributed by atoms with Crippen LogP contribution in [-0.2, 0) is 4.79 Å². The summed E-state index contributed by atoms with van der Waals surface area (Å²) in [5, 5.41) is 0. The molecule has 4 heteroatoms. The van der Waals surface area contributed by atoms with Gasteiger partial charge in [-0.15, -0.1) is 0 Å². The lowest BCUT2D eigenvalue weighted by atomic mass is 9.77. The SMILES string of the molecule is CC1Oc2cccnc2N(C)C(=O)C1C(C)(C)C. The molecule has 1 aromatic rings. The molecule has 1 aromatic heterocycles. The number of fused-ring (bicyclic) bond motifs is 1. The molecule has 2 unspecified atom stereocenters. The number of anilines is 1. The second-order valence-electron chi connectivity index (χ2n) is 5.89. The molecule has 98 valence electrons. The van der Waals surface area contributed by atoms with Gasteiger partial charge in [0.1, 0.15) is 6.10 Å².